The lowest BCUT2D eigenvalue weighted by Gasteiger charge is -2.28. The van der Waals surface area contributed by atoms with Crippen molar-refractivity contribution in [1.29, 1.82) is 0 Å². The highest BCUT2D eigenvalue weighted by Crippen LogP contribution is 2.43. The smallest absolute Gasteiger partial charge is 0.0540 e. The van der Waals surface area contributed by atoms with Crippen molar-refractivity contribution >= 4 is 55.7 Å². The van der Waals surface area contributed by atoms with Crippen LogP contribution >= 0.6 is 0 Å². The number of benzene rings is 10. The molecule has 10 aromatic rings. The monoisotopic (exact) mass is 740 g/mol. The van der Waals surface area contributed by atoms with Gasteiger partial charge in [0.15, 0.2) is 0 Å². The van der Waals surface area contributed by atoms with E-state index in [4.69, 9.17) is 0 Å². The second-order valence-corrected chi connectivity index (χ2v) is 14.6. The molecular formula is C56H40N2. The Morgan fingerprint density at radius 2 is 0.586 bits per heavy atom. The molecule has 10 aromatic carbocycles. The van der Waals surface area contributed by atoms with Gasteiger partial charge in [0, 0.05) is 33.5 Å². The summed E-state index contributed by atoms with van der Waals surface area (Å²) in [5.74, 6) is 0. The summed E-state index contributed by atoms with van der Waals surface area (Å²) in [6.07, 6.45) is 0. The average molecular weight is 741 g/mol. The zero-order valence-corrected chi connectivity index (χ0v) is 32.0. The molecule has 0 aromatic heterocycles. The van der Waals surface area contributed by atoms with Gasteiger partial charge < -0.3 is 9.80 Å². The first kappa shape index (κ1) is 34.8. The lowest BCUT2D eigenvalue weighted by molar-refractivity contribution is 1.29. The number of rotatable bonds is 9. The van der Waals surface area contributed by atoms with Crippen LogP contribution in [0.4, 0.5) is 34.1 Å². The Kier molecular flexibility index (Phi) is 9.27. The summed E-state index contributed by atoms with van der Waals surface area (Å²) in [6.45, 7) is 0. The third kappa shape index (κ3) is 6.67. The first-order chi connectivity index (χ1) is 28.8. The Hall–Kier alpha value is -7.68. The second-order valence-electron chi connectivity index (χ2n) is 14.6. The van der Waals surface area contributed by atoms with E-state index in [0.717, 1.165) is 45.3 Å². The second kappa shape index (κ2) is 15.5. The molecule has 0 heterocycles. The summed E-state index contributed by atoms with van der Waals surface area (Å²) in [5.41, 5.74) is 13.9. The standard InChI is InChI=1S/C56H40N2/c1-4-15-41(16-5-1)42-27-33-49(34-28-42)58(55-26-14-20-46-19-10-11-23-52(46)55)50-37-31-44(32-38-50)43-29-35-48(36-30-43)57(47-21-8-3-9-22-47)56-40-39-51(45-17-6-2-7-18-45)53-24-12-13-25-54(53)56/h1-40H. The van der Waals surface area contributed by atoms with Crippen LogP contribution < -0.4 is 9.80 Å². The van der Waals surface area contributed by atoms with Crippen LogP contribution in [0.2, 0.25) is 0 Å². The van der Waals surface area contributed by atoms with E-state index in [0.29, 0.717) is 0 Å². The minimum Gasteiger partial charge on any atom is -0.310 e. The van der Waals surface area contributed by atoms with Gasteiger partial charge in [-0.3, -0.25) is 0 Å². The minimum atomic E-state index is 1.10. The zero-order chi connectivity index (χ0) is 38.7. The molecule has 0 N–H and O–H groups in total. The number of nitrogens with zero attached hydrogens (tertiary/aromatic N) is 2. The van der Waals surface area contributed by atoms with E-state index >= 15 is 0 Å². The first-order valence-corrected chi connectivity index (χ1v) is 19.8. The molecule has 0 amide bonds. The zero-order valence-electron chi connectivity index (χ0n) is 32.0. The van der Waals surface area contributed by atoms with Crippen LogP contribution in [0.25, 0.3) is 54.9 Å². The molecule has 2 nitrogen and oxygen atoms in total. The Labute approximate surface area is 340 Å². The predicted molar refractivity (Wildman–Crippen MR) is 247 cm³/mol. The SMILES string of the molecule is c1ccc(-c2ccc(N(c3ccc(-c4ccc(N(c5ccccc5)c5ccc(-c6ccccc6)c6ccccc56)cc4)cc3)c3cccc4ccccc34)cc2)cc1. The van der Waals surface area contributed by atoms with Crippen molar-refractivity contribution in [3.05, 3.63) is 243 Å². The summed E-state index contributed by atoms with van der Waals surface area (Å²) >= 11 is 0. The maximum absolute atomic E-state index is 2.37. The van der Waals surface area contributed by atoms with Gasteiger partial charge in [-0.15, -0.1) is 0 Å². The fourth-order valence-electron chi connectivity index (χ4n) is 8.22. The normalized spacial score (nSPS) is 11.1. The molecule has 0 spiro atoms. The highest BCUT2D eigenvalue weighted by molar-refractivity contribution is 6.06. The van der Waals surface area contributed by atoms with E-state index in [1.54, 1.807) is 0 Å². The topological polar surface area (TPSA) is 6.48 Å². The van der Waals surface area contributed by atoms with Crippen molar-refractivity contribution in [2.75, 3.05) is 9.80 Å². The molecule has 0 saturated carbocycles. The quantitative estimate of drug-likeness (QED) is 0.145. The van der Waals surface area contributed by atoms with Crippen LogP contribution in [0.5, 0.6) is 0 Å². The third-order valence-electron chi connectivity index (χ3n) is 11.1. The van der Waals surface area contributed by atoms with Crippen LogP contribution in [0.3, 0.4) is 0 Å². The van der Waals surface area contributed by atoms with Crippen molar-refractivity contribution < 1.29 is 0 Å². The number of hydrogen-bond donors (Lipinski definition) is 0. The molecule has 0 bridgehead atoms. The van der Waals surface area contributed by atoms with Gasteiger partial charge in [-0.25, -0.2) is 0 Å². The van der Waals surface area contributed by atoms with E-state index < -0.39 is 0 Å². The highest BCUT2D eigenvalue weighted by Gasteiger charge is 2.19. The minimum absolute atomic E-state index is 1.10. The van der Waals surface area contributed by atoms with Gasteiger partial charge in [0.1, 0.15) is 0 Å². The fraction of sp³-hybridized carbons (Fsp3) is 0. The van der Waals surface area contributed by atoms with Gasteiger partial charge in [-0.1, -0.05) is 182 Å². The van der Waals surface area contributed by atoms with E-state index in [2.05, 4.69) is 252 Å². The molecule has 0 saturated heterocycles. The Morgan fingerprint density at radius 1 is 0.207 bits per heavy atom. The van der Waals surface area contributed by atoms with Gasteiger partial charge >= 0.3 is 0 Å². The lowest BCUT2D eigenvalue weighted by atomic mass is 9.96. The van der Waals surface area contributed by atoms with Gasteiger partial charge in [0.05, 0.1) is 11.4 Å². The molecule has 58 heavy (non-hydrogen) atoms. The molecule has 0 fully saturated rings. The summed E-state index contributed by atoms with van der Waals surface area (Å²) < 4.78 is 0. The maximum atomic E-state index is 2.37. The van der Waals surface area contributed by atoms with E-state index in [1.165, 1.54) is 43.8 Å². The number of fused-ring (bicyclic) bond motifs is 2. The molecule has 274 valence electrons. The Bertz CT molecular complexity index is 2910. The molecule has 0 atom stereocenters. The summed E-state index contributed by atoms with van der Waals surface area (Å²) in [6, 6.07) is 87.2. The summed E-state index contributed by atoms with van der Waals surface area (Å²) in [7, 11) is 0. The number of hydrogen-bond acceptors (Lipinski definition) is 2. The van der Waals surface area contributed by atoms with Crippen LogP contribution in [0.1, 0.15) is 0 Å². The molecular weight excluding hydrogens is 701 g/mol. The Balaban J connectivity index is 1.01. The third-order valence-corrected chi connectivity index (χ3v) is 11.1. The van der Waals surface area contributed by atoms with Crippen molar-refractivity contribution in [2.45, 2.75) is 0 Å². The summed E-state index contributed by atoms with van der Waals surface area (Å²) in [5, 5.41) is 4.86. The van der Waals surface area contributed by atoms with Crippen LogP contribution in [-0.4, -0.2) is 0 Å². The summed E-state index contributed by atoms with van der Waals surface area (Å²) in [4.78, 5) is 4.74. The van der Waals surface area contributed by atoms with Gasteiger partial charge in [0.25, 0.3) is 0 Å². The largest absolute Gasteiger partial charge is 0.310 e. The van der Waals surface area contributed by atoms with Crippen LogP contribution in [0, 0.1) is 0 Å². The van der Waals surface area contributed by atoms with Crippen molar-refractivity contribution in [1.82, 2.24) is 0 Å². The van der Waals surface area contributed by atoms with Gasteiger partial charge in [0.2, 0.25) is 0 Å². The van der Waals surface area contributed by atoms with Crippen LogP contribution in [0.15, 0.2) is 243 Å². The van der Waals surface area contributed by atoms with Crippen molar-refractivity contribution in [3.8, 4) is 33.4 Å². The predicted octanol–water partition coefficient (Wildman–Crippen LogP) is 15.9. The molecule has 0 aliphatic rings. The number of para-hydroxylation sites is 1. The van der Waals surface area contributed by atoms with Crippen LogP contribution in [-0.2, 0) is 0 Å². The fourth-order valence-corrected chi connectivity index (χ4v) is 8.22. The average Bonchev–Trinajstić information content (AvgIpc) is 3.31. The molecule has 0 unspecified atom stereocenters. The number of anilines is 6. The highest BCUT2D eigenvalue weighted by atomic mass is 15.1. The van der Waals surface area contributed by atoms with Crippen molar-refractivity contribution in [3.63, 3.8) is 0 Å². The van der Waals surface area contributed by atoms with E-state index in [1.807, 2.05) is 0 Å². The molecule has 10 rings (SSSR count). The first-order valence-electron chi connectivity index (χ1n) is 19.8. The van der Waals surface area contributed by atoms with Gasteiger partial charge in [-0.2, -0.15) is 0 Å². The molecule has 0 aliphatic carbocycles. The lowest BCUT2D eigenvalue weighted by Crippen LogP contribution is -2.10. The Morgan fingerprint density at radius 3 is 1.14 bits per heavy atom. The molecule has 0 radical (unpaired) electrons. The maximum Gasteiger partial charge on any atom is 0.0540 e. The van der Waals surface area contributed by atoms with E-state index in [-0.39, 0.29) is 0 Å². The molecule has 0 aliphatic heterocycles. The molecule has 2 heteroatoms. The van der Waals surface area contributed by atoms with Crippen molar-refractivity contribution in [2.24, 2.45) is 0 Å². The van der Waals surface area contributed by atoms with E-state index in [9.17, 15) is 0 Å². The van der Waals surface area contributed by atoms with Gasteiger partial charge in [-0.05, 0) is 105 Å².